The van der Waals surface area contributed by atoms with Crippen LogP contribution in [0.1, 0.15) is 46.5 Å². The highest BCUT2D eigenvalue weighted by molar-refractivity contribution is 5.69. The molecular formula is C12H27NO2. The van der Waals surface area contributed by atoms with Crippen LogP contribution in [0, 0.1) is 5.92 Å². The number of aliphatic carboxylic acids is 1. The van der Waals surface area contributed by atoms with Crippen LogP contribution >= 0.6 is 0 Å². The Balaban J connectivity index is 0. The molecule has 0 aromatic carbocycles. The van der Waals surface area contributed by atoms with Gasteiger partial charge in [-0.05, 0) is 33.5 Å². The summed E-state index contributed by atoms with van der Waals surface area (Å²) in [5, 5.41) is 8.60. The number of hydrogen-bond donors (Lipinski definition) is 1. The van der Waals surface area contributed by atoms with Crippen LogP contribution in [0.15, 0.2) is 0 Å². The first-order valence-electron chi connectivity index (χ1n) is 5.86. The molecule has 0 aliphatic heterocycles. The van der Waals surface area contributed by atoms with E-state index in [0.29, 0.717) is 0 Å². The number of carboxylic acids is 1. The predicted molar refractivity (Wildman–Crippen MR) is 65.2 cm³/mol. The standard InChI is InChI=1S/C8H16O2.C4H11N/c1-3-5-6-7(4-2)8(9)10;1-4-5(2)3/h7H,3-6H2,1-2H3,(H,9,10);4H2,1-3H3. The Morgan fingerprint density at radius 3 is 1.93 bits per heavy atom. The van der Waals surface area contributed by atoms with E-state index >= 15 is 0 Å². The molecule has 0 aliphatic rings. The van der Waals surface area contributed by atoms with Crippen molar-refractivity contribution in [3.63, 3.8) is 0 Å². The van der Waals surface area contributed by atoms with Gasteiger partial charge < -0.3 is 10.0 Å². The summed E-state index contributed by atoms with van der Waals surface area (Å²) < 4.78 is 0. The molecule has 3 nitrogen and oxygen atoms in total. The largest absolute Gasteiger partial charge is 0.481 e. The molecule has 1 N–H and O–H groups in total. The summed E-state index contributed by atoms with van der Waals surface area (Å²) in [6, 6.07) is 0. The van der Waals surface area contributed by atoms with E-state index in [4.69, 9.17) is 5.11 Å². The van der Waals surface area contributed by atoms with Crippen LogP contribution in [0.2, 0.25) is 0 Å². The average Bonchev–Trinajstić information content (AvgIpc) is 2.19. The van der Waals surface area contributed by atoms with Crippen molar-refractivity contribution in [1.29, 1.82) is 0 Å². The lowest BCUT2D eigenvalue weighted by molar-refractivity contribution is -0.142. The van der Waals surface area contributed by atoms with Gasteiger partial charge in [0.25, 0.3) is 0 Å². The third-order valence-electron chi connectivity index (χ3n) is 2.38. The molecule has 3 heteroatoms. The van der Waals surface area contributed by atoms with Gasteiger partial charge in [-0.3, -0.25) is 4.79 Å². The highest BCUT2D eigenvalue weighted by Crippen LogP contribution is 2.11. The zero-order valence-corrected chi connectivity index (χ0v) is 10.9. The van der Waals surface area contributed by atoms with Gasteiger partial charge in [-0.2, -0.15) is 0 Å². The van der Waals surface area contributed by atoms with Crippen molar-refractivity contribution >= 4 is 5.97 Å². The van der Waals surface area contributed by atoms with E-state index in [2.05, 4.69) is 32.8 Å². The van der Waals surface area contributed by atoms with Gasteiger partial charge >= 0.3 is 5.97 Å². The zero-order chi connectivity index (χ0) is 12.3. The Morgan fingerprint density at radius 1 is 1.27 bits per heavy atom. The van der Waals surface area contributed by atoms with Gasteiger partial charge in [0.05, 0.1) is 5.92 Å². The first-order valence-corrected chi connectivity index (χ1v) is 5.86. The second-order valence-electron chi connectivity index (χ2n) is 3.98. The maximum atomic E-state index is 10.4. The van der Waals surface area contributed by atoms with Crippen molar-refractivity contribution in [3.8, 4) is 0 Å². The monoisotopic (exact) mass is 217 g/mol. The molecule has 0 radical (unpaired) electrons. The van der Waals surface area contributed by atoms with Crippen LogP contribution in [-0.4, -0.2) is 36.6 Å². The van der Waals surface area contributed by atoms with Crippen LogP contribution in [0.4, 0.5) is 0 Å². The minimum atomic E-state index is -0.643. The quantitative estimate of drug-likeness (QED) is 0.743. The molecule has 0 aliphatic carbocycles. The Morgan fingerprint density at radius 2 is 1.73 bits per heavy atom. The molecule has 0 amide bonds. The van der Waals surface area contributed by atoms with Crippen LogP contribution < -0.4 is 0 Å². The van der Waals surface area contributed by atoms with Gasteiger partial charge in [0.1, 0.15) is 0 Å². The van der Waals surface area contributed by atoms with Gasteiger partial charge in [-0.15, -0.1) is 0 Å². The fourth-order valence-corrected chi connectivity index (χ4v) is 0.953. The summed E-state index contributed by atoms with van der Waals surface area (Å²) in [5.74, 6) is -0.754. The molecule has 0 fully saturated rings. The lowest BCUT2D eigenvalue weighted by atomic mass is 10.00. The van der Waals surface area contributed by atoms with Crippen molar-refractivity contribution in [1.82, 2.24) is 4.90 Å². The van der Waals surface area contributed by atoms with Crippen molar-refractivity contribution in [2.75, 3.05) is 20.6 Å². The number of rotatable bonds is 6. The van der Waals surface area contributed by atoms with E-state index in [1.54, 1.807) is 0 Å². The molecule has 0 spiro atoms. The summed E-state index contributed by atoms with van der Waals surface area (Å²) in [6.07, 6.45) is 3.71. The fourth-order valence-electron chi connectivity index (χ4n) is 0.953. The Labute approximate surface area is 94.5 Å². The molecular weight excluding hydrogens is 190 g/mol. The van der Waals surface area contributed by atoms with Crippen LogP contribution in [0.3, 0.4) is 0 Å². The SMILES string of the molecule is CCCCC(CC)C(=O)O.CCN(C)C. The van der Waals surface area contributed by atoms with E-state index in [1.165, 1.54) is 0 Å². The molecule has 0 bridgehead atoms. The third-order valence-corrected chi connectivity index (χ3v) is 2.38. The zero-order valence-electron chi connectivity index (χ0n) is 10.9. The average molecular weight is 217 g/mol. The van der Waals surface area contributed by atoms with E-state index in [1.807, 2.05) is 6.92 Å². The Kier molecular flexibility index (Phi) is 12.9. The third kappa shape index (κ3) is 13.4. The van der Waals surface area contributed by atoms with Gasteiger partial charge in [0.15, 0.2) is 0 Å². The highest BCUT2D eigenvalue weighted by atomic mass is 16.4. The van der Waals surface area contributed by atoms with Crippen LogP contribution in [-0.2, 0) is 4.79 Å². The molecule has 0 heterocycles. The van der Waals surface area contributed by atoms with E-state index in [-0.39, 0.29) is 5.92 Å². The first-order chi connectivity index (χ1) is 6.99. The topological polar surface area (TPSA) is 40.5 Å². The molecule has 0 aromatic rings. The second-order valence-corrected chi connectivity index (χ2v) is 3.98. The van der Waals surface area contributed by atoms with E-state index < -0.39 is 5.97 Å². The number of carboxylic acid groups (broad SMARTS) is 1. The predicted octanol–water partition coefficient (Wildman–Crippen LogP) is 2.86. The van der Waals surface area contributed by atoms with Crippen molar-refractivity contribution in [2.45, 2.75) is 46.5 Å². The van der Waals surface area contributed by atoms with Gasteiger partial charge in [0.2, 0.25) is 0 Å². The van der Waals surface area contributed by atoms with Gasteiger partial charge in [-0.1, -0.05) is 33.6 Å². The van der Waals surface area contributed by atoms with E-state index in [9.17, 15) is 4.79 Å². The van der Waals surface area contributed by atoms with Crippen molar-refractivity contribution in [2.24, 2.45) is 5.92 Å². The van der Waals surface area contributed by atoms with Gasteiger partial charge in [0, 0.05) is 0 Å². The Hall–Kier alpha value is -0.570. The number of hydrogen-bond acceptors (Lipinski definition) is 2. The Bertz CT molecular complexity index is 147. The van der Waals surface area contributed by atoms with Crippen LogP contribution in [0.25, 0.3) is 0 Å². The first kappa shape index (κ1) is 16.8. The molecule has 92 valence electrons. The number of unbranched alkanes of at least 4 members (excludes halogenated alkanes) is 1. The maximum Gasteiger partial charge on any atom is 0.306 e. The summed E-state index contributed by atoms with van der Waals surface area (Å²) in [5.41, 5.74) is 0. The summed E-state index contributed by atoms with van der Waals surface area (Å²) in [4.78, 5) is 12.6. The molecule has 0 saturated carbocycles. The molecule has 0 aromatic heterocycles. The summed E-state index contributed by atoms with van der Waals surface area (Å²) in [6.45, 7) is 7.27. The molecule has 1 atom stereocenters. The number of carbonyl (C=O) groups is 1. The smallest absolute Gasteiger partial charge is 0.306 e. The molecule has 1 unspecified atom stereocenters. The normalized spacial score (nSPS) is 11.9. The number of nitrogens with zero attached hydrogens (tertiary/aromatic N) is 1. The molecule has 15 heavy (non-hydrogen) atoms. The lowest BCUT2D eigenvalue weighted by Gasteiger charge is -2.06. The summed E-state index contributed by atoms with van der Waals surface area (Å²) >= 11 is 0. The van der Waals surface area contributed by atoms with Crippen molar-refractivity contribution < 1.29 is 9.90 Å². The maximum absolute atomic E-state index is 10.4. The van der Waals surface area contributed by atoms with E-state index in [0.717, 1.165) is 32.2 Å². The van der Waals surface area contributed by atoms with Crippen LogP contribution in [0.5, 0.6) is 0 Å². The fraction of sp³-hybridized carbons (Fsp3) is 0.917. The second kappa shape index (κ2) is 11.5. The molecule has 0 saturated heterocycles. The van der Waals surface area contributed by atoms with Crippen molar-refractivity contribution in [3.05, 3.63) is 0 Å². The summed E-state index contributed by atoms with van der Waals surface area (Å²) in [7, 11) is 4.11. The minimum Gasteiger partial charge on any atom is -0.481 e. The minimum absolute atomic E-state index is 0.111. The lowest BCUT2D eigenvalue weighted by Crippen LogP contribution is -2.11. The molecule has 0 rings (SSSR count). The highest BCUT2D eigenvalue weighted by Gasteiger charge is 2.12. The van der Waals surface area contributed by atoms with Gasteiger partial charge in [-0.25, -0.2) is 0 Å².